The monoisotopic (exact) mass is 347 g/mol. The van der Waals surface area contributed by atoms with E-state index < -0.39 is 0 Å². The summed E-state index contributed by atoms with van der Waals surface area (Å²) >= 11 is 0. The van der Waals surface area contributed by atoms with Crippen molar-refractivity contribution >= 4 is 17.6 Å². The number of para-hydroxylation sites is 1. The molecule has 0 aliphatic rings. The Hall–Kier alpha value is -3.95. The smallest absolute Gasteiger partial charge is 0.278 e. The highest BCUT2D eigenvalue weighted by Crippen LogP contribution is 2.23. The van der Waals surface area contributed by atoms with Gasteiger partial charge < -0.3 is 15.2 Å². The van der Waals surface area contributed by atoms with Gasteiger partial charge in [0.15, 0.2) is 5.69 Å². The van der Waals surface area contributed by atoms with Gasteiger partial charge in [0.05, 0.1) is 0 Å². The molecule has 0 unspecified atom stereocenters. The van der Waals surface area contributed by atoms with Gasteiger partial charge in [0.2, 0.25) is 23.5 Å². The minimum absolute atomic E-state index is 0.0543. The zero-order chi connectivity index (χ0) is 17.9. The molecular weight excluding hydrogens is 334 g/mol. The minimum atomic E-state index is 0.0543. The number of nitrogen functional groups attached to an aromatic ring is 1. The topological polar surface area (TPSA) is 133 Å². The molecule has 3 heterocycles. The Morgan fingerprint density at radius 2 is 1.77 bits per heavy atom. The highest BCUT2D eigenvalue weighted by atomic mass is 16.5. The van der Waals surface area contributed by atoms with Crippen molar-refractivity contribution in [3.63, 3.8) is 0 Å². The van der Waals surface area contributed by atoms with E-state index in [4.69, 9.17) is 10.3 Å². The molecule has 0 amide bonds. The van der Waals surface area contributed by atoms with E-state index in [-0.39, 0.29) is 23.5 Å². The van der Waals surface area contributed by atoms with E-state index in [1.807, 2.05) is 37.4 Å². The molecule has 0 atom stereocenters. The second kappa shape index (κ2) is 6.51. The largest absolute Gasteiger partial charge is 0.368 e. The predicted molar refractivity (Wildman–Crippen MR) is 93.1 cm³/mol. The maximum absolute atomic E-state index is 5.83. The highest BCUT2D eigenvalue weighted by molar-refractivity contribution is 5.59. The fraction of sp³-hybridized carbons (Fsp3) is 0.0625. The Labute approximate surface area is 147 Å². The number of nitrogens with two attached hydrogens (primary N) is 1. The van der Waals surface area contributed by atoms with Crippen LogP contribution in [0.25, 0.3) is 23.2 Å². The first-order valence-corrected chi connectivity index (χ1v) is 7.63. The van der Waals surface area contributed by atoms with Crippen LogP contribution in [0, 0.1) is 0 Å². The lowest BCUT2D eigenvalue weighted by molar-refractivity contribution is 0.430. The normalized spacial score (nSPS) is 10.7. The van der Waals surface area contributed by atoms with Gasteiger partial charge in [0, 0.05) is 18.9 Å². The molecular formula is C16H13N9O. The van der Waals surface area contributed by atoms with Gasteiger partial charge in [-0.2, -0.15) is 25.0 Å². The van der Waals surface area contributed by atoms with E-state index in [1.165, 1.54) is 0 Å². The molecule has 0 fully saturated rings. The van der Waals surface area contributed by atoms with Gasteiger partial charge >= 0.3 is 0 Å². The van der Waals surface area contributed by atoms with Crippen LogP contribution in [-0.4, -0.2) is 42.3 Å². The molecule has 3 aromatic heterocycles. The number of hydrogen-bond donors (Lipinski definition) is 1. The van der Waals surface area contributed by atoms with E-state index in [9.17, 15) is 0 Å². The zero-order valence-corrected chi connectivity index (χ0v) is 13.7. The first kappa shape index (κ1) is 15.6. The molecule has 0 aliphatic heterocycles. The predicted octanol–water partition coefficient (Wildman–Crippen LogP) is 1.73. The van der Waals surface area contributed by atoms with Crippen LogP contribution in [0.3, 0.4) is 0 Å². The highest BCUT2D eigenvalue weighted by Gasteiger charge is 2.17. The van der Waals surface area contributed by atoms with Crippen LogP contribution in [-0.2, 0) is 0 Å². The van der Waals surface area contributed by atoms with Crippen LogP contribution in [0.2, 0.25) is 0 Å². The second-order valence-corrected chi connectivity index (χ2v) is 5.24. The van der Waals surface area contributed by atoms with E-state index >= 15 is 0 Å². The zero-order valence-electron chi connectivity index (χ0n) is 13.7. The second-order valence-electron chi connectivity index (χ2n) is 5.24. The summed E-state index contributed by atoms with van der Waals surface area (Å²) in [5, 5.41) is 11.6. The number of hydrogen-bond acceptors (Lipinski definition) is 10. The molecule has 128 valence electrons. The maximum atomic E-state index is 5.83. The first-order valence-electron chi connectivity index (χ1n) is 7.63. The van der Waals surface area contributed by atoms with Crippen molar-refractivity contribution in [2.75, 3.05) is 17.7 Å². The molecule has 1 aromatic carbocycles. The molecule has 2 N–H and O–H groups in total. The van der Waals surface area contributed by atoms with Gasteiger partial charge in [-0.1, -0.05) is 23.4 Å². The van der Waals surface area contributed by atoms with Crippen molar-refractivity contribution in [1.82, 2.24) is 35.3 Å². The Morgan fingerprint density at radius 3 is 2.54 bits per heavy atom. The van der Waals surface area contributed by atoms with Crippen molar-refractivity contribution in [2.45, 2.75) is 0 Å². The molecule has 10 heteroatoms. The fourth-order valence-electron chi connectivity index (χ4n) is 2.23. The van der Waals surface area contributed by atoms with E-state index in [0.29, 0.717) is 11.6 Å². The Kier molecular flexibility index (Phi) is 3.90. The summed E-state index contributed by atoms with van der Waals surface area (Å²) in [6.07, 6.45) is 1.55. The minimum Gasteiger partial charge on any atom is -0.368 e. The summed E-state index contributed by atoms with van der Waals surface area (Å²) in [5.41, 5.74) is 7.19. The molecule has 10 nitrogen and oxygen atoms in total. The standard InChI is InChI=1S/C16H13N9O/c1-25(10-6-3-2-4-7-10)16-21-12(20-15(17)22-16)13-19-14(26-24-13)11-8-5-9-18-23-11/h2-9H,1H3,(H2,17,20,21,22). The van der Waals surface area contributed by atoms with Crippen LogP contribution in [0.5, 0.6) is 0 Å². The number of nitrogens with zero attached hydrogens (tertiary/aromatic N) is 8. The Morgan fingerprint density at radius 1 is 0.923 bits per heavy atom. The third kappa shape index (κ3) is 3.02. The fourth-order valence-corrected chi connectivity index (χ4v) is 2.23. The van der Waals surface area contributed by atoms with Gasteiger partial charge in [0.1, 0.15) is 0 Å². The van der Waals surface area contributed by atoms with Gasteiger partial charge in [-0.25, -0.2) is 0 Å². The van der Waals surface area contributed by atoms with Crippen LogP contribution in [0.4, 0.5) is 17.6 Å². The average Bonchev–Trinajstić information content (AvgIpc) is 3.19. The van der Waals surface area contributed by atoms with Gasteiger partial charge in [-0.3, -0.25) is 0 Å². The van der Waals surface area contributed by atoms with Crippen molar-refractivity contribution < 1.29 is 4.52 Å². The Balaban J connectivity index is 1.70. The SMILES string of the molecule is CN(c1ccccc1)c1nc(N)nc(-c2noc(-c3cccnn3)n2)n1. The van der Waals surface area contributed by atoms with E-state index in [0.717, 1.165) is 5.69 Å². The lowest BCUT2D eigenvalue weighted by Gasteiger charge is -2.17. The van der Waals surface area contributed by atoms with Gasteiger partial charge in [-0.15, -0.1) is 5.10 Å². The maximum Gasteiger partial charge on any atom is 0.278 e. The van der Waals surface area contributed by atoms with Gasteiger partial charge in [-0.05, 0) is 24.3 Å². The summed E-state index contributed by atoms with van der Waals surface area (Å²) in [7, 11) is 1.83. The van der Waals surface area contributed by atoms with Crippen molar-refractivity contribution in [2.24, 2.45) is 0 Å². The van der Waals surface area contributed by atoms with Crippen LogP contribution >= 0.6 is 0 Å². The molecule has 0 saturated heterocycles. The number of aromatic nitrogens is 7. The molecule has 4 aromatic rings. The number of anilines is 3. The molecule has 4 rings (SSSR count). The van der Waals surface area contributed by atoms with Gasteiger partial charge in [0.25, 0.3) is 5.89 Å². The van der Waals surface area contributed by atoms with E-state index in [1.54, 1.807) is 23.2 Å². The molecule has 0 radical (unpaired) electrons. The van der Waals surface area contributed by atoms with Crippen molar-refractivity contribution in [1.29, 1.82) is 0 Å². The summed E-state index contributed by atoms with van der Waals surface area (Å²) in [4.78, 5) is 18.7. The van der Waals surface area contributed by atoms with Crippen LogP contribution < -0.4 is 10.6 Å². The van der Waals surface area contributed by atoms with Crippen molar-refractivity contribution in [3.8, 4) is 23.2 Å². The number of benzene rings is 1. The lowest BCUT2D eigenvalue weighted by Crippen LogP contribution is -2.15. The van der Waals surface area contributed by atoms with Crippen molar-refractivity contribution in [3.05, 3.63) is 48.7 Å². The average molecular weight is 347 g/mol. The lowest BCUT2D eigenvalue weighted by atomic mass is 10.3. The molecule has 0 aliphatic carbocycles. The van der Waals surface area contributed by atoms with Crippen LogP contribution in [0.1, 0.15) is 0 Å². The molecule has 0 bridgehead atoms. The third-order valence-corrected chi connectivity index (χ3v) is 3.50. The summed E-state index contributed by atoms with van der Waals surface area (Å²) in [6, 6.07) is 13.1. The molecule has 0 spiro atoms. The first-order chi connectivity index (χ1) is 12.7. The Bertz CT molecular complexity index is 1020. The quantitative estimate of drug-likeness (QED) is 0.581. The summed E-state index contributed by atoms with van der Waals surface area (Å²) in [5.74, 6) is 1.02. The van der Waals surface area contributed by atoms with E-state index in [2.05, 4.69) is 35.3 Å². The summed E-state index contributed by atoms with van der Waals surface area (Å²) in [6.45, 7) is 0. The summed E-state index contributed by atoms with van der Waals surface area (Å²) < 4.78 is 5.21. The third-order valence-electron chi connectivity index (χ3n) is 3.50. The van der Waals surface area contributed by atoms with Crippen LogP contribution in [0.15, 0.2) is 53.2 Å². The number of rotatable bonds is 4. The molecule has 26 heavy (non-hydrogen) atoms. The molecule has 0 saturated carbocycles.